The van der Waals surface area contributed by atoms with E-state index in [1.807, 2.05) is 11.9 Å². The van der Waals surface area contributed by atoms with Crippen LogP contribution in [0.15, 0.2) is 48.6 Å². The van der Waals surface area contributed by atoms with Crippen molar-refractivity contribution in [2.45, 2.75) is 107 Å². The number of β-amino-alcohol motifs (C(OH)–C–C–N with tert-alkyl or cyclic N) is 1. The summed E-state index contributed by atoms with van der Waals surface area (Å²) in [4.78, 5) is 37.7. The minimum Gasteiger partial charge on any atom is -0.496 e. The lowest BCUT2D eigenvalue weighted by atomic mass is 9.47. The van der Waals surface area contributed by atoms with Gasteiger partial charge in [0.1, 0.15) is 5.75 Å². The van der Waals surface area contributed by atoms with Gasteiger partial charge in [0.25, 0.3) is 0 Å². The molecule has 1 aromatic heterocycles. The molecule has 8 rings (SSSR count). The molecule has 5 heterocycles. The van der Waals surface area contributed by atoms with Crippen LogP contribution in [0.3, 0.4) is 0 Å². The SMILES string of the molecule is CCC1(O)CCCN(CCc2c(C(C)c3cc4c(cc3OC)N(C)[C@H]3[C@@](O)(C(=O)OC)[C@H](OC(C)=O)[C@]5(CC)C=CCN6CC[C@]43[C@@H]65)[nH]c3ccccc23)C1. The zero-order valence-electron chi connectivity index (χ0n) is 33.5. The molecule has 55 heavy (non-hydrogen) atoms. The number of rotatable bonds is 10. The number of aliphatic hydroxyl groups is 2. The molecule has 8 atom stereocenters. The molecule has 0 bridgehead atoms. The molecule has 11 heteroatoms. The number of para-hydroxylation sites is 1. The summed E-state index contributed by atoms with van der Waals surface area (Å²) in [7, 11) is 4.91. The van der Waals surface area contributed by atoms with Crippen LogP contribution in [0.2, 0.25) is 0 Å². The molecular formula is C44H58N4O7. The van der Waals surface area contributed by atoms with E-state index in [-0.39, 0.29) is 12.0 Å². The van der Waals surface area contributed by atoms with Gasteiger partial charge in [-0.05, 0) is 74.9 Å². The van der Waals surface area contributed by atoms with Crippen LogP contribution in [0, 0.1) is 5.41 Å². The number of esters is 2. The maximum atomic E-state index is 14.2. The number of H-pyrrole nitrogens is 1. The number of piperidine rings is 1. The third-order valence-corrected chi connectivity index (χ3v) is 14.5. The van der Waals surface area contributed by atoms with E-state index in [2.05, 4.69) is 84.1 Å². The molecule has 2 saturated heterocycles. The number of aromatic amines is 1. The molecule has 2 aromatic carbocycles. The maximum absolute atomic E-state index is 14.2. The number of benzene rings is 2. The van der Waals surface area contributed by atoms with Crippen LogP contribution in [0.4, 0.5) is 5.69 Å². The van der Waals surface area contributed by atoms with E-state index in [1.165, 1.54) is 25.0 Å². The first-order chi connectivity index (χ1) is 26.3. The summed E-state index contributed by atoms with van der Waals surface area (Å²) < 4.78 is 17.8. The number of hydrogen-bond donors (Lipinski definition) is 3. The Balaban J connectivity index is 1.28. The first-order valence-electron chi connectivity index (χ1n) is 20.2. The largest absolute Gasteiger partial charge is 0.496 e. The highest BCUT2D eigenvalue weighted by Crippen LogP contribution is 2.68. The van der Waals surface area contributed by atoms with E-state index in [1.54, 1.807) is 7.11 Å². The molecule has 3 fully saturated rings. The van der Waals surface area contributed by atoms with E-state index < -0.39 is 46.1 Å². The smallest absolute Gasteiger partial charge is 0.344 e. The van der Waals surface area contributed by atoms with Gasteiger partial charge < -0.3 is 39.2 Å². The van der Waals surface area contributed by atoms with Crippen molar-refractivity contribution in [2.75, 3.05) is 58.9 Å². The lowest BCUT2D eigenvalue weighted by molar-refractivity contribution is -0.228. The molecule has 3 N–H and O–H groups in total. The molecule has 0 amide bonds. The van der Waals surface area contributed by atoms with E-state index in [9.17, 15) is 19.8 Å². The normalized spacial score (nSPS) is 33.3. The van der Waals surface area contributed by atoms with Crippen molar-refractivity contribution in [2.24, 2.45) is 5.41 Å². The van der Waals surface area contributed by atoms with E-state index in [0.717, 1.165) is 85.6 Å². The number of nitrogens with one attached hydrogen (secondary N) is 1. The van der Waals surface area contributed by atoms with Crippen molar-refractivity contribution in [3.05, 3.63) is 70.9 Å². The summed E-state index contributed by atoms with van der Waals surface area (Å²) in [5.74, 6) is -0.739. The Morgan fingerprint density at radius 3 is 2.55 bits per heavy atom. The molecule has 4 aliphatic heterocycles. The predicted octanol–water partition coefficient (Wildman–Crippen LogP) is 5.05. The molecule has 3 aromatic rings. The van der Waals surface area contributed by atoms with Crippen LogP contribution >= 0.6 is 0 Å². The van der Waals surface area contributed by atoms with Gasteiger partial charge in [0.05, 0.1) is 25.9 Å². The molecule has 0 radical (unpaired) electrons. The van der Waals surface area contributed by atoms with Crippen molar-refractivity contribution in [3.63, 3.8) is 0 Å². The first-order valence-corrected chi connectivity index (χ1v) is 20.2. The van der Waals surface area contributed by atoms with Gasteiger partial charge in [0.2, 0.25) is 5.60 Å². The van der Waals surface area contributed by atoms with Crippen molar-refractivity contribution < 1.29 is 34.0 Å². The fourth-order valence-corrected chi connectivity index (χ4v) is 12.1. The monoisotopic (exact) mass is 754 g/mol. The third-order valence-electron chi connectivity index (χ3n) is 14.5. The summed E-state index contributed by atoms with van der Waals surface area (Å²) >= 11 is 0. The predicted molar refractivity (Wildman–Crippen MR) is 212 cm³/mol. The molecular weight excluding hydrogens is 697 g/mol. The fourth-order valence-electron chi connectivity index (χ4n) is 12.1. The van der Waals surface area contributed by atoms with Gasteiger partial charge in [0.15, 0.2) is 6.10 Å². The number of likely N-dealkylation sites (N-methyl/N-ethyl adjacent to an activating group) is 1. The van der Waals surface area contributed by atoms with Gasteiger partial charge >= 0.3 is 11.9 Å². The molecule has 5 aliphatic rings. The summed E-state index contributed by atoms with van der Waals surface area (Å²) in [6.07, 6.45) is 7.69. The van der Waals surface area contributed by atoms with Crippen molar-refractivity contribution in [1.29, 1.82) is 0 Å². The van der Waals surface area contributed by atoms with Gasteiger partial charge in [0, 0.05) is 90.3 Å². The number of aromatic nitrogens is 1. The second kappa shape index (κ2) is 13.6. The Labute approximate surface area is 324 Å². The second-order valence-corrected chi connectivity index (χ2v) is 17.0. The average molecular weight is 755 g/mol. The van der Waals surface area contributed by atoms with E-state index >= 15 is 0 Å². The lowest BCUT2D eigenvalue weighted by Gasteiger charge is -2.63. The second-order valence-electron chi connectivity index (χ2n) is 17.0. The summed E-state index contributed by atoms with van der Waals surface area (Å²) in [5, 5.41) is 25.5. The number of anilines is 1. The average Bonchev–Trinajstić information content (AvgIpc) is 3.84. The highest BCUT2D eigenvalue weighted by Gasteiger charge is 2.80. The van der Waals surface area contributed by atoms with Gasteiger partial charge in [-0.1, -0.05) is 51.1 Å². The zero-order valence-corrected chi connectivity index (χ0v) is 33.5. The van der Waals surface area contributed by atoms with Gasteiger partial charge in [-0.25, -0.2) is 4.79 Å². The molecule has 1 aliphatic carbocycles. The van der Waals surface area contributed by atoms with Crippen LogP contribution in [-0.2, 0) is 30.9 Å². The lowest BCUT2D eigenvalue weighted by Crippen LogP contribution is -2.81. The van der Waals surface area contributed by atoms with E-state index in [4.69, 9.17) is 14.2 Å². The van der Waals surface area contributed by atoms with Gasteiger partial charge in [-0.3, -0.25) is 9.69 Å². The number of carbonyl (C=O) groups is 2. The summed E-state index contributed by atoms with van der Waals surface area (Å²) in [6.45, 7) is 11.7. The molecule has 2 unspecified atom stereocenters. The van der Waals surface area contributed by atoms with Crippen LogP contribution in [0.1, 0.15) is 88.1 Å². The Hall–Kier alpha value is -3.90. The molecule has 11 nitrogen and oxygen atoms in total. The number of likely N-dealkylation sites (tertiary alicyclic amines) is 1. The van der Waals surface area contributed by atoms with Gasteiger partial charge in [-0.15, -0.1) is 0 Å². The van der Waals surface area contributed by atoms with Crippen molar-refractivity contribution >= 4 is 28.5 Å². The molecule has 1 spiro atoms. The Morgan fingerprint density at radius 1 is 1.05 bits per heavy atom. The number of ether oxygens (including phenoxy) is 3. The topological polar surface area (TPSA) is 128 Å². The Bertz CT molecular complexity index is 2030. The van der Waals surface area contributed by atoms with Gasteiger partial charge in [-0.2, -0.15) is 0 Å². The van der Waals surface area contributed by atoms with Crippen LogP contribution in [0.25, 0.3) is 10.9 Å². The fraction of sp³-hybridized carbons (Fsp3) is 0.591. The highest BCUT2D eigenvalue weighted by atomic mass is 16.6. The minimum absolute atomic E-state index is 0.103. The van der Waals surface area contributed by atoms with Crippen LogP contribution < -0.4 is 9.64 Å². The first kappa shape index (κ1) is 38.0. The standard InChI is InChI=1S/C44H58N4O7/c1-8-41(51)17-12-20-47(26-41)22-16-30-29-14-10-11-15-33(29)45-36(30)27(3)31-24-32-34(25-35(31)53-6)46(5)38-43(32)19-23-48-21-13-18-42(9-2,37(43)48)39(55-28(4)49)44(38,52)40(50)54-7/h10-11,13-15,18,24-25,27,37-39,45,51-52H,8-9,12,16-17,19-23,26H2,1-7H3/t27?,37-,38+,39+,41?,42+,43+,44-/m0/s1. The van der Waals surface area contributed by atoms with Crippen LogP contribution in [0.5, 0.6) is 5.75 Å². The van der Waals surface area contributed by atoms with Crippen molar-refractivity contribution in [3.8, 4) is 5.75 Å². The molecule has 1 saturated carbocycles. The summed E-state index contributed by atoms with van der Waals surface area (Å²) in [5.41, 5.74) is 2.06. The quantitative estimate of drug-likeness (QED) is 0.191. The number of carbonyl (C=O) groups excluding carboxylic acids is 2. The Kier molecular flexibility index (Phi) is 9.42. The number of fused-ring (bicyclic) bond motifs is 2. The highest BCUT2D eigenvalue weighted by molar-refractivity contribution is 5.88. The minimum atomic E-state index is -2.18. The van der Waals surface area contributed by atoms with E-state index in [0.29, 0.717) is 19.4 Å². The molecule has 296 valence electrons. The Morgan fingerprint density at radius 2 is 1.84 bits per heavy atom. The van der Waals surface area contributed by atoms with Crippen LogP contribution in [-0.4, -0.2) is 120 Å². The number of methoxy groups -OCH3 is 2. The number of nitrogens with zero attached hydrogens (tertiary/aromatic N) is 3. The maximum Gasteiger partial charge on any atom is 0.344 e. The summed E-state index contributed by atoms with van der Waals surface area (Å²) in [6, 6.07) is 11.9. The number of hydrogen-bond acceptors (Lipinski definition) is 10. The van der Waals surface area contributed by atoms with Crippen molar-refractivity contribution in [1.82, 2.24) is 14.8 Å². The third kappa shape index (κ3) is 5.36. The zero-order chi connectivity index (χ0) is 39.1.